The second-order valence-corrected chi connectivity index (χ2v) is 1.90. The molecule has 0 fully saturated rings. The Morgan fingerprint density at radius 2 is 2.60 bits per heavy atom. The molecule has 0 bridgehead atoms. The fraction of sp³-hybridized carbons (Fsp3) is 0.333. The second kappa shape index (κ2) is 2.99. The number of nitriles is 1. The van der Waals surface area contributed by atoms with E-state index >= 15 is 0 Å². The first-order valence-corrected chi connectivity index (χ1v) is 2.86. The molecule has 0 aliphatic heterocycles. The lowest BCUT2D eigenvalue weighted by Crippen LogP contribution is -2.11. The summed E-state index contributed by atoms with van der Waals surface area (Å²) < 4.78 is 1.65. The van der Waals surface area contributed by atoms with Gasteiger partial charge in [0.1, 0.15) is 0 Å². The lowest BCUT2D eigenvalue weighted by atomic mass is 10.4. The van der Waals surface area contributed by atoms with Crippen molar-refractivity contribution in [1.29, 1.82) is 5.26 Å². The topological polar surface area (TPSA) is 61.8 Å². The minimum absolute atomic E-state index is 0.288. The Morgan fingerprint density at radius 1 is 1.80 bits per heavy atom. The van der Waals surface area contributed by atoms with E-state index in [9.17, 15) is 0 Å². The number of aliphatic hydroxyl groups excluding tert-OH is 1. The zero-order valence-electron chi connectivity index (χ0n) is 5.31. The maximum absolute atomic E-state index is 8.82. The highest BCUT2D eigenvalue weighted by Gasteiger charge is 1.99. The molecule has 10 heavy (non-hydrogen) atoms. The van der Waals surface area contributed by atoms with Gasteiger partial charge in [-0.3, -0.25) is 0 Å². The van der Waals surface area contributed by atoms with Crippen LogP contribution in [0.3, 0.4) is 0 Å². The van der Waals surface area contributed by atoms with Crippen molar-refractivity contribution < 1.29 is 5.11 Å². The third-order valence-electron chi connectivity index (χ3n) is 1.09. The van der Waals surface area contributed by atoms with Gasteiger partial charge in [-0.25, -0.2) is 4.98 Å². The van der Waals surface area contributed by atoms with Gasteiger partial charge >= 0.3 is 0 Å². The van der Waals surface area contributed by atoms with Gasteiger partial charge in [0, 0.05) is 12.4 Å². The Bertz CT molecular complexity index is 224. The van der Waals surface area contributed by atoms with Gasteiger partial charge in [-0.05, 0) is 0 Å². The van der Waals surface area contributed by atoms with Crippen LogP contribution in [0.5, 0.6) is 0 Å². The van der Waals surface area contributed by atoms with Gasteiger partial charge in [0.25, 0.3) is 0 Å². The van der Waals surface area contributed by atoms with Crippen LogP contribution in [0.25, 0.3) is 0 Å². The molecule has 0 saturated carbocycles. The Hall–Kier alpha value is -1.34. The van der Waals surface area contributed by atoms with E-state index in [2.05, 4.69) is 4.98 Å². The van der Waals surface area contributed by atoms with Crippen LogP contribution in [0.2, 0.25) is 0 Å². The van der Waals surface area contributed by atoms with Crippen molar-refractivity contribution in [2.24, 2.45) is 0 Å². The van der Waals surface area contributed by atoms with Gasteiger partial charge in [-0.1, -0.05) is 0 Å². The molecular formula is C6H7N3O. The lowest BCUT2D eigenvalue weighted by Gasteiger charge is -2.00. The molecule has 1 unspecified atom stereocenters. The molecule has 1 heterocycles. The van der Waals surface area contributed by atoms with Crippen LogP contribution >= 0.6 is 0 Å². The Morgan fingerprint density at radius 3 is 3.10 bits per heavy atom. The number of aromatic nitrogens is 2. The maximum Gasteiger partial charge on any atom is 0.158 e. The molecule has 1 rings (SSSR count). The van der Waals surface area contributed by atoms with Gasteiger partial charge < -0.3 is 9.67 Å². The molecule has 4 nitrogen and oxygen atoms in total. The SMILES string of the molecule is N#CC(O)Cn1ccnc1. The minimum Gasteiger partial charge on any atom is -0.376 e. The molecule has 4 heteroatoms. The van der Waals surface area contributed by atoms with Crippen LogP contribution in [0.15, 0.2) is 18.7 Å². The molecule has 1 aromatic heterocycles. The number of hydrogen-bond acceptors (Lipinski definition) is 3. The lowest BCUT2D eigenvalue weighted by molar-refractivity contribution is 0.208. The van der Waals surface area contributed by atoms with Crippen molar-refractivity contribution in [3.8, 4) is 6.07 Å². The summed E-state index contributed by atoms with van der Waals surface area (Å²) in [5.41, 5.74) is 0. The predicted molar refractivity (Wildman–Crippen MR) is 33.8 cm³/mol. The summed E-state index contributed by atoms with van der Waals surface area (Å²) in [6, 6.07) is 1.71. The number of aliphatic hydroxyl groups is 1. The summed E-state index contributed by atoms with van der Waals surface area (Å²) in [6.45, 7) is 0.288. The van der Waals surface area contributed by atoms with Crippen LogP contribution < -0.4 is 0 Å². The molecule has 0 aromatic carbocycles. The normalized spacial score (nSPS) is 12.4. The first-order valence-electron chi connectivity index (χ1n) is 2.86. The van der Waals surface area contributed by atoms with Crippen LogP contribution in [0, 0.1) is 11.3 Å². The van der Waals surface area contributed by atoms with Crippen LogP contribution in [-0.2, 0) is 6.54 Å². The molecule has 1 atom stereocenters. The van der Waals surface area contributed by atoms with E-state index in [0.717, 1.165) is 0 Å². The van der Waals surface area contributed by atoms with Gasteiger partial charge in [-0.2, -0.15) is 5.26 Å². The van der Waals surface area contributed by atoms with E-state index in [4.69, 9.17) is 10.4 Å². The molecule has 0 spiro atoms. The van der Waals surface area contributed by atoms with Crippen molar-refractivity contribution in [1.82, 2.24) is 9.55 Å². The van der Waals surface area contributed by atoms with E-state index in [0.29, 0.717) is 0 Å². The highest BCUT2D eigenvalue weighted by Crippen LogP contribution is 1.89. The smallest absolute Gasteiger partial charge is 0.158 e. The number of hydrogen-bond donors (Lipinski definition) is 1. The maximum atomic E-state index is 8.82. The Labute approximate surface area is 58.4 Å². The quantitative estimate of drug-likeness (QED) is 0.572. The van der Waals surface area contributed by atoms with Gasteiger partial charge in [0.2, 0.25) is 0 Å². The highest BCUT2D eigenvalue weighted by molar-refractivity contribution is 4.85. The molecule has 1 aromatic rings. The Balaban J connectivity index is 2.50. The molecule has 0 radical (unpaired) electrons. The second-order valence-electron chi connectivity index (χ2n) is 1.90. The number of imidazole rings is 1. The average molecular weight is 137 g/mol. The monoisotopic (exact) mass is 137 g/mol. The summed E-state index contributed by atoms with van der Waals surface area (Å²) >= 11 is 0. The average Bonchev–Trinajstić information content (AvgIpc) is 2.40. The standard InChI is InChI=1S/C6H7N3O/c7-3-6(10)4-9-2-1-8-5-9/h1-2,5-6,10H,4H2. The third kappa shape index (κ3) is 1.57. The highest BCUT2D eigenvalue weighted by atomic mass is 16.3. The van der Waals surface area contributed by atoms with Gasteiger partial charge in [0.05, 0.1) is 18.9 Å². The molecule has 0 saturated heterocycles. The molecule has 0 aliphatic rings. The molecule has 1 N–H and O–H groups in total. The summed E-state index contributed by atoms with van der Waals surface area (Å²) in [4.78, 5) is 3.75. The van der Waals surface area contributed by atoms with E-state index in [1.807, 2.05) is 0 Å². The summed E-state index contributed by atoms with van der Waals surface area (Å²) in [7, 11) is 0. The van der Waals surface area contributed by atoms with E-state index in [1.54, 1.807) is 29.4 Å². The first-order chi connectivity index (χ1) is 4.83. The van der Waals surface area contributed by atoms with Crippen LogP contribution in [0.1, 0.15) is 0 Å². The van der Waals surface area contributed by atoms with Gasteiger partial charge in [0.15, 0.2) is 6.10 Å². The number of rotatable bonds is 2. The van der Waals surface area contributed by atoms with E-state index in [1.165, 1.54) is 0 Å². The zero-order valence-corrected chi connectivity index (χ0v) is 5.31. The molecule has 0 aliphatic carbocycles. The zero-order chi connectivity index (χ0) is 7.40. The van der Waals surface area contributed by atoms with Gasteiger partial charge in [-0.15, -0.1) is 0 Å². The Kier molecular flexibility index (Phi) is 2.03. The van der Waals surface area contributed by atoms with Crippen molar-refractivity contribution >= 4 is 0 Å². The van der Waals surface area contributed by atoms with Crippen molar-refractivity contribution in [2.45, 2.75) is 12.6 Å². The van der Waals surface area contributed by atoms with Crippen LogP contribution in [0.4, 0.5) is 0 Å². The van der Waals surface area contributed by atoms with Crippen molar-refractivity contribution in [2.75, 3.05) is 0 Å². The summed E-state index contributed by atoms with van der Waals surface area (Å²) in [6.07, 6.45) is 3.92. The van der Waals surface area contributed by atoms with E-state index < -0.39 is 6.10 Å². The molecule has 52 valence electrons. The first kappa shape index (κ1) is 6.78. The predicted octanol–water partition coefficient (Wildman–Crippen LogP) is -0.232. The largest absolute Gasteiger partial charge is 0.376 e. The minimum atomic E-state index is -0.936. The van der Waals surface area contributed by atoms with E-state index in [-0.39, 0.29) is 6.54 Å². The fourth-order valence-corrected chi connectivity index (χ4v) is 0.635. The van der Waals surface area contributed by atoms with Crippen molar-refractivity contribution in [3.63, 3.8) is 0 Å². The molecular weight excluding hydrogens is 130 g/mol. The fourth-order valence-electron chi connectivity index (χ4n) is 0.635. The van der Waals surface area contributed by atoms with Crippen LogP contribution in [-0.4, -0.2) is 20.8 Å². The number of nitrogens with zero attached hydrogens (tertiary/aromatic N) is 3. The third-order valence-corrected chi connectivity index (χ3v) is 1.09. The summed E-state index contributed by atoms with van der Waals surface area (Å²) in [5, 5.41) is 17.0. The molecule has 0 amide bonds. The van der Waals surface area contributed by atoms with Crippen molar-refractivity contribution in [3.05, 3.63) is 18.7 Å². The summed E-state index contributed by atoms with van der Waals surface area (Å²) in [5.74, 6) is 0.